The highest BCUT2D eigenvalue weighted by Crippen LogP contribution is 2.28. The Morgan fingerprint density at radius 3 is 2.55 bits per heavy atom. The number of hydrogen-bond acceptors (Lipinski definition) is 4. The zero-order valence-corrected chi connectivity index (χ0v) is 18.9. The second kappa shape index (κ2) is 11.8. The molecule has 1 aromatic carbocycles. The summed E-state index contributed by atoms with van der Waals surface area (Å²) >= 11 is 2.10. The number of aliphatic hydroxyl groups excluding tert-OH is 1. The van der Waals surface area contributed by atoms with Crippen molar-refractivity contribution < 1.29 is 5.11 Å². The normalized spacial score (nSPS) is 24.4. The molecule has 1 saturated carbocycles. The van der Waals surface area contributed by atoms with E-state index in [-0.39, 0.29) is 6.10 Å². The number of aliphatic hydroxyl groups is 1. The average molecular weight is 419 g/mol. The van der Waals surface area contributed by atoms with Crippen molar-refractivity contribution in [2.45, 2.75) is 75.9 Å². The first-order chi connectivity index (χ1) is 14.2. The quantitative estimate of drug-likeness (QED) is 0.468. The summed E-state index contributed by atoms with van der Waals surface area (Å²) in [5.74, 6) is 2.12. The van der Waals surface area contributed by atoms with Gasteiger partial charge in [-0.15, -0.1) is 0 Å². The lowest BCUT2D eigenvalue weighted by atomic mass is 9.95. The van der Waals surface area contributed by atoms with Crippen LogP contribution in [-0.2, 0) is 13.1 Å². The fourth-order valence-electron chi connectivity index (χ4n) is 4.34. The van der Waals surface area contributed by atoms with Gasteiger partial charge in [0.25, 0.3) is 0 Å². The second-order valence-electron chi connectivity index (χ2n) is 8.33. The fourth-order valence-corrected chi connectivity index (χ4v) is 5.51. The van der Waals surface area contributed by atoms with Crippen molar-refractivity contribution >= 4 is 17.7 Å². The number of nitrogens with zero attached hydrogens (tertiary/aromatic N) is 2. The van der Waals surface area contributed by atoms with E-state index >= 15 is 0 Å². The van der Waals surface area contributed by atoms with E-state index in [0.717, 1.165) is 50.2 Å². The summed E-state index contributed by atoms with van der Waals surface area (Å²) in [6.45, 7) is 6.00. The Labute approximate surface area is 180 Å². The minimum absolute atomic E-state index is 0.104. The zero-order chi connectivity index (χ0) is 20.5. The van der Waals surface area contributed by atoms with Crippen LogP contribution >= 0.6 is 11.8 Å². The Balaban J connectivity index is 1.42. The Morgan fingerprint density at radius 1 is 1.14 bits per heavy atom. The SMILES string of the molecule is CCSC1CCCC(NC(=NC)NCc2ccc(CN3CCC(O)CC3)cc2)C1. The van der Waals surface area contributed by atoms with Gasteiger partial charge in [0.05, 0.1) is 6.10 Å². The maximum absolute atomic E-state index is 9.64. The standard InChI is InChI=1S/C23H38N4OS/c1-3-29-22-6-4-5-20(15-22)26-23(24-2)25-16-18-7-9-19(10-8-18)17-27-13-11-21(28)12-14-27/h7-10,20-22,28H,3-6,11-17H2,1-2H3,(H2,24,25,26). The van der Waals surface area contributed by atoms with Gasteiger partial charge in [-0.2, -0.15) is 11.8 Å². The third kappa shape index (κ3) is 7.50. The molecular formula is C23H38N4OS. The van der Waals surface area contributed by atoms with Gasteiger partial charge in [-0.1, -0.05) is 37.6 Å². The van der Waals surface area contributed by atoms with Crippen molar-refractivity contribution in [2.24, 2.45) is 4.99 Å². The van der Waals surface area contributed by atoms with Crippen molar-refractivity contribution in [3.05, 3.63) is 35.4 Å². The van der Waals surface area contributed by atoms with E-state index in [2.05, 4.69) is 63.5 Å². The van der Waals surface area contributed by atoms with Gasteiger partial charge in [0.2, 0.25) is 0 Å². The maximum Gasteiger partial charge on any atom is 0.191 e. The van der Waals surface area contributed by atoms with E-state index < -0.39 is 0 Å². The van der Waals surface area contributed by atoms with Crippen LogP contribution in [0.3, 0.4) is 0 Å². The van der Waals surface area contributed by atoms with Crippen LogP contribution in [0.25, 0.3) is 0 Å². The molecule has 1 aromatic rings. The summed E-state index contributed by atoms with van der Waals surface area (Å²) in [7, 11) is 1.86. The number of piperidine rings is 1. The molecule has 29 heavy (non-hydrogen) atoms. The van der Waals surface area contributed by atoms with Crippen molar-refractivity contribution in [2.75, 3.05) is 25.9 Å². The van der Waals surface area contributed by atoms with E-state index in [4.69, 9.17) is 0 Å². The van der Waals surface area contributed by atoms with Gasteiger partial charge < -0.3 is 15.7 Å². The molecule has 0 aromatic heterocycles. The molecule has 2 aliphatic rings. The number of likely N-dealkylation sites (tertiary alicyclic amines) is 1. The van der Waals surface area contributed by atoms with E-state index in [9.17, 15) is 5.11 Å². The van der Waals surface area contributed by atoms with Gasteiger partial charge in [0, 0.05) is 44.5 Å². The summed E-state index contributed by atoms with van der Waals surface area (Å²) in [5, 5.41) is 17.5. The molecule has 2 fully saturated rings. The number of nitrogens with one attached hydrogen (secondary N) is 2. The van der Waals surface area contributed by atoms with E-state index in [1.807, 2.05) is 7.05 Å². The molecule has 0 radical (unpaired) electrons. The molecule has 1 heterocycles. The fraction of sp³-hybridized carbons (Fsp3) is 0.696. The summed E-state index contributed by atoms with van der Waals surface area (Å²) in [5.41, 5.74) is 2.61. The highest BCUT2D eigenvalue weighted by Gasteiger charge is 2.22. The Morgan fingerprint density at radius 2 is 1.86 bits per heavy atom. The van der Waals surface area contributed by atoms with Gasteiger partial charge in [-0.05, 0) is 49.0 Å². The summed E-state index contributed by atoms with van der Waals surface area (Å²) < 4.78 is 0. The minimum Gasteiger partial charge on any atom is -0.393 e. The van der Waals surface area contributed by atoms with Gasteiger partial charge in [-0.25, -0.2) is 0 Å². The first-order valence-corrected chi connectivity index (χ1v) is 12.3. The molecule has 162 valence electrons. The number of aliphatic imine (C=N–C) groups is 1. The van der Waals surface area contributed by atoms with E-state index in [1.54, 1.807) is 0 Å². The molecule has 1 saturated heterocycles. The second-order valence-corrected chi connectivity index (χ2v) is 9.91. The number of thioether (sulfide) groups is 1. The van der Waals surface area contributed by atoms with Crippen LogP contribution in [0.5, 0.6) is 0 Å². The van der Waals surface area contributed by atoms with Gasteiger partial charge in [0.1, 0.15) is 0 Å². The third-order valence-electron chi connectivity index (χ3n) is 6.04. The zero-order valence-electron chi connectivity index (χ0n) is 18.1. The van der Waals surface area contributed by atoms with Crippen LogP contribution in [0, 0.1) is 0 Å². The molecule has 3 rings (SSSR count). The van der Waals surface area contributed by atoms with Crippen LogP contribution in [0.4, 0.5) is 0 Å². The van der Waals surface area contributed by atoms with Crippen LogP contribution in [0.1, 0.15) is 56.6 Å². The van der Waals surface area contributed by atoms with Crippen LogP contribution in [0.15, 0.2) is 29.3 Å². The lowest BCUT2D eigenvalue weighted by Crippen LogP contribution is -2.45. The largest absolute Gasteiger partial charge is 0.393 e. The first-order valence-electron chi connectivity index (χ1n) is 11.2. The minimum atomic E-state index is -0.104. The molecule has 1 aliphatic carbocycles. The van der Waals surface area contributed by atoms with Gasteiger partial charge in [0.15, 0.2) is 5.96 Å². The van der Waals surface area contributed by atoms with Crippen molar-refractivity contribution in [1.29, 1.82) is 0 Å². The number of hydrogen-bond donors (Lipinski definition) is 3. The molecule has 3 N–H and O–H groups in total. The van der Waals surface area contributed by atoms with Crippen LogP contribution in [-0.4, -0.2) is 59.3 Å². The highest BCUT2D eigenvalue weighted by atomic mass is 32.2. The maximum atomic E-state index is 9.64. The molecule has 2 unspecified atom stereocenters. The van der Waals surface area contributed by atoms with Gasteiger partial charge >= 0.3 is 0 Å². The highest BCUT2D eigenvalue weighted by molar-refractivity contribution is 7.99. The molecule has 0 amide bonds. The molecule has 1 aliphatic heterocycles. The van der Waals surface area contributed by atoms with Crippen molar-refractivity contribution in [3.63, 3.8) is 0 Å². The topological polar surface area (TPSA) is 59.9 Å². The number of rotatable bonds is 7. The lowest BCUT2D eigenvalue weighted by Gasteiger charge is -2.30. The summed E-state index contributed by atoms with van der Waals surface area (Å²) in [4.78, 5) is 6.86. The van der Waals surface area contributed by atoms with E-state index in [1.165, 1.54) is 42.6 Å². The number of benzene rings is 1. The Hall–Kier alpha value is -1.24. The molecular weight excluding hydrogens is 380 g/mol. The first kappa shape index (κ1) is 22.4. The third-order valence-corrected chi connectivity index (χ3v) is 7.27. The smallest absolute Gasteiger partial charge is 0.191 e. The summed E-state index contributed by atoms with van der Waals surface area (Å²) in [6, 6.07) is 9.41. The van der Waals surface area contributed by atoms with Crippen LogP contribution in [0.2, 0.25) is 0 Å². The van der Waals surface area contributed by atoms with Crippen molar-refractivity contribution in [1.82, 2.24) is 15.5 Å². The summed E-state index contributed by atoms with van der Waals surface area (Å²) in [6.07, 6.45) is 6.83. The molecule has 0 spiro atoms. The molecule has 2 atom stereocenters. The van der Waals surface area contributed by atoms with Crippen molar-refractivity contribution in [3.8, 4) is 0 Å². The monoisotopic (exact) mass is 418 g/mol. The predicted molar refractivity (Wildman–Crippen MR) is 124 cm³/mol. The average Bonchev–Trinajstić information content (AvgIpc) is 2.74. The number of guanidine groups is 1. The Bertz CT molecular complexity index is 626. The Kier molecular flexibility index (Phi) is 9.15. The predicted octanol–water partition coefficient (Wildman–Crippen LogP) is 3.37. The van der Waals surface area contributed by atoms with E-state index in [0.29, 0.717) is 6.04 Å². The van der Waals surface area contributed by atoms with Crippen LogP contribution < -0.4 is 10.6 Å². The van der Waals surface area contributed by atoms with Gasteiger partial charge in [-0.3, -0.25) is 9.89 Å². The molecule has 5 nitrogen and oxygen atoms in total. The molecule has 6 heteroatoms. The molecule has 0 bridgehead atoms. The lowest BCUT2D eigenvalue weighted by molar-refractivity contribution is 0.0792.